The van der Waals surface area contributed by atoms with Gasteiger partial charge in [-0.15, -0.1) is 0 Å². The number of rotatable bonds is 4. The number of benzene rings is 4. The van der Waals surface area contributed by atoms with Gasteiger partial charge in [-0.2, -0.15) is 15.8 Å². The highest BCUT2D eigenvalue weighted by Crippen LogP contribution is 2.41. The Morgan fingerprint density at radius 1 is 0.600 bits per heavy atom. The number of para-hydroxylation sites is 1. The van der Waals surface area contributed by atoms with Crippen LogP contribution in [-0.4, -0.2) is 9.13 Å². The summed E-state index contributed by atoms with van der Waals surface area (Å²) < 4.78 is 4.32. The smallest absolute Gasteiger partial charge is 0.106 e. The van der Waals surface area contributed by atoms with Gasteiger partial charge in [-0.3, -0.25) is 4.57 Å². The van der Waals surface area contributed by atoms with Crippen molar-refractivity contribution in [3.05, 3.63) is 162 Å². The van der Waals surface area contributed by atoms with Gasteiger partial charge in [-0.05, 0) is 121 Å². The largest absolute Gasteiger partial charge is 0.309 e. The fourth-order valence-corrected chi connectivity index (χ4v) is 7.46. The molecule has 0 spiro atoms. The Labute approximate surface area is 288 Å². The van der Waals surface area contributed by atoms with Gasteiger partial charge in [0.2, 0.25) is 0 Å². The molecular formula is C45H23N5. The Bertz CT molecular complexity index is 2800. The molecule has 9 rings (SSSR count). The normalized spacial score (nSPS) is 12.5. The van der Waals surface area contributed by atoms with E-state index in [2.05, 4.69) is 75.9 Å². The summed E-state index contributed by atoms with van der Waals surface area (Å²) in [5.41, 5.74) is 10.5. The molecule has 5 nitrogen and oxygen atoms in total. The van der Waals surface area contributed by atoms with Gasteiger partial charge in [0.1, 0.15) is 11.0 Å². The molecule has 0 N–H and O–H groups in total. The fourth-order valence-electron chi connectivity index (χ4n) is 7.46. The Morgan fingerprint density at radius 3 is 1.96 bits per heavy atom. The average Bonchev–Trinajstić information content (AvgIpc) is 3.70. The molecule has 0 radical (unpaired) electrons. The third-order valence-electron chi connectivity index (χ3n) is 9.63. The monoisotopic (exact) mass is 633 g/mol. The predicted octanol–water partition coefficient (Wildman–Crippen LogP) is 10.1. The molecule has 6 aromatic carbocycles. The van der Waals surface area contributed by atoms with Crippen LogP contribution >= 0.6 is 0 Å². The highest BCUT2D eigenvalue weighted by atomic mass is 15.0. The average molecular weight is 634 g/mol. The molecule has 0 saturated heterocycles. The van der Waals surface area contributed by atoms with E-state index in [1.165, 1.54) is 0 Å². The van der Waals surface area contributed by atoms with Gasteiger partial charge in [0.15, 0.2) is 0 Å². The second-order valence-corrected chi connectivity index (χ2v) is 12.3. The van der Waals surface area contributed by atoms with Crippen molar-refractivity contribution in [2.45, 2.75) is 12.8 Å². The van der Waals surface area contributed by atoms with E-state index >= 15 is 0 Å². The lowest BCUT2D eigenvalue weighted by Gasteiger charge is -2.21. The van der Waals surface area contributed by atoms with Crippen molar-refractivity contribution >= 4 is 54.9 Å². The van der Waals surface area contributed by atoms with E-state index in [0.29, 0.717) is 22.3 Å². The van der Waals surface area contributed by atoms with E-state index < -0.39 is 0 Å². The summed E-state index contributed by atoms with van der Waals surface area (Å²) in [7, 11) is 0. The van der Waals surface area contributed by atoms with Crippen molar-refractivity contribution in [1.82, 2.24) is 9.13 Å². The Kier molecular flexibility index (Phi) is 6.51. The molecule has 0 aliphatic heterocycles. The van der Waals surface area contributed by atoms with Crippen LogP contribution in [0.2, 0.25) is 0 Å². The maximum Gasteiger partial charge on any atom is 0.106 e. The van der Waals surface area contributed by atoms with Gasteiger partial charge >= 0.3 is 0 Å². The minimum absolute atomic E-state index is 0.441. The summed E-state index contributed by atoms with van der Waals surface area (Å²) in [5, 5.41) is 34.8. The van der Waals surface area contributed by atoms with Crippen LogP contribution < -0.4 is 0 Å². The van der Waals surface area contributed by atoms with Crippen LogP contribution in [0.3, 0.4) is 0 Å². The molecule has 8 aromatic rings. The highest BCUT2D eigenvalue weighted by Gasteiger charge is 2.22. The summed E-state index contributed by atoms with van der Waals surface area (Å²) in [4.78, 5) is 0. The van der Waals surface area contributed by atoms with E-state index in [4.69, 9.17) is 0 Å². The predicted molar refractivity (Wildman–Crippen MR) is 197 cm³/mol. The molecule has 0 unspecified atom stereocenters. The molecule has 2 aromatic heterocycles. The van der Waals surface area contributed by atoms with Crippen LogP contribution in [0.25, 0.3) is 71.7 Å². The van der Waals surface area contributed by atoms with Gasteiger partial charge in [0, 0.05) is 38.5 Å². The number of hydrogen-bond acceptors (Lipinski definition) is 3. The Morgan fingerprint density at radius 2 is 1.28 bits per heavy atom. The van der Waals surface area contributed by atoms with Gasteiger partial charge in [0.05, 0.1) is 45.9 Å². The lowest BCUT2D eigenvalue weighted by molar-refractivity contribution is 1.04. The van der Waals surface area contributed by atoms with E-state index in [1.807, 2.05) is 91.0 Å². The Hall–Kier alpha value is -7.49. The van der Waals surface area contributed by atoms with Crippen LogP contribution in [0.4, 0.5) is 0 Å². The van der Waals surface area contributed by atoms with Crippen LogP contribution in [-0.2, 0) is 0 Å². The molecule has 0 atom stereocenters. The standard InChI is InChI=1S/C45H23N5/c46-26-29-17-22-44-39(23-29)38-12-4-8-16-43(38)50(44)40-13-5-1-9-35(40)31-24-32(27-47)45(33(25-31)28-48)30-18-20-34(21-19-30)49-41-14-6-2-10-36(41)37-11-3-7-15-42(37)49/h2-5,8,10-13,16-25H,1,9H2. The third-order valence-corrected chi connectivity index (χ3v) is 9.63. The first-order valence-electron chi connectivity index (χ1n) is 16.3. The quantitative estimate of drug-likeness (QED) is 0.193. The van der Waals surface area contributed by atoms with Crippen molar-refractivity contribution < 1.29 is 0 Å². The maximum atomic E-state index is 10.5. The number of allylic oxidation sites excluding steroid dienone is 4. The molecule has 0 bridgehead atoms. The van der Waals surface area contributed by atoms with Crippen molar-refractivity contribution in [3.8, 4) is 35.0 Å². The molecule has 0 amide bonds. The van der Waals surface area contributed by atoms with Gasteiger partial charge in [-0.1, -0.05) is 48.5 Å². The van der Waals surface area contributed by atoms with Crippen molar-refractivity contribution in [3.63, 3.8) is 0 Å². The zero-order chi connectivity index (χ0) is 33.8. The van der Waals surface area contributed by atoms with E-state index in [1.54, 1.807) is 0 Å². The minimum atomic E-state index is 0.441. The maximum absolute atomic E-state index is 10.5. The fraction of sp³-hybridized carbons (Fsp3) is 0.0444. The summed E-state index contributed by atoms with van der Waals surface area (Å²) in [5.74, 6) is 0. The van der Waals surface area contributed by atoms with Gasteiger partial charge < -0.3 is 4.57 Å². The number of hydrogen-bond donors (Lipinski definition) is 0. The molecular weight excluding hydrogens is 611 g/mol. The molecule has 50 heavy (non-hydrogen) atoms. The van der Waals surface area contributed by atoms with E-state index in [9.17, 15) is 15.8 Å². The molecule has 0 fully saturated rings. The van der Waals surface area contributed by atoms with Crippen LogP contribution in [0, 0.1) is 58.3 Å². The first-order valence-corrected chi connectivity index (χ1v) is 16.3. The molecule has 2 heterocycles. The van der Waals surface area contributed by atoms with Crippen LogP contribution in [0.15, 0.2) is 115 Å². The molecule has 5 heteroatoms. The summed E-state index contributed by atoms with van der Waals surface area (Å²) in [6.45, 7) is 0. The number of nitrogens with zero attached hydrogens (tertiary/aromatic N) is 5. The first-order chi connectivity index (χ1) is 24.7. The third kappa shape index (κ3) is 4.28. The molecule has 1 aliphatic rings. The number of fused-ring (bicyclic) bond motifs is 6. The molecule has 228 valence electrons. The first kappa shape index (κ1) is 28.7. The summed E-state index contributed by atoms with van der Waals surface area (Å²) in [6, 6.07) is 53.3. The molecule has 1 aliphatic carbocycles. The minimum Gasteiger partial charge on any atom is -0.309 e. The lowest BCUT2D eigenvalue weighted by atomic mass is 9.88. The number of nitriles is 3. The topological polar surface area (TPSA) is 81.2 Å². The summed E-state index contributed by atoms with van der Waals surface area (Å²) >= 11 is 0. The van der Waals surface area contributed by atoms with Crippen molar-refractivity contribution in [1.29, 1.82) is 15.8 Å². The van der Waals surface area contributed by atoms with Crippen molar-refractivity contribution in [2.24, 2.45) is 0 Å². The lowest BCUT2D eigenvalue weighted by Crippen LogP contribution is -2.04. The van der Waals surface area contributed by atoms with Crippen LogP contribution in [0.5, 0.6) is 0 Å². The van der Waals surface area contributed by atoms with Crippen molar-refractivity contribution in [2.75, 3.05) is 0 Å². The number of aromatic nitrogens is 2. The van der Waals surface area contributed by atoms with Gasteiger partial charge in [-0.25, -0.2) is 0 Å². The zero-order valence-electron chi connectivity index (χ0n) is 26.6. The van der Waals surface area contributed by atoms with Crippen LogP contribution in [0.1, 0.15) is 35.1 Å². The Balaban J connectivity index is 1.19. The second kappa shape index (κ2) is 11.3. The SMILES string of the molecule is N#Cc1ccc2c(c1)c1ccccc1n2C1=C(c2cc(C#N)c(-c3ccc(-n4c5c#cccc5c5ccc#cc54)cc3)c(C#N)c2)CCC=C1. The van der Waals surface area contributed by atoms with Gasteiger partial charge in [0.25, 0.3) is 0 Å². The zero-order valence-corrected chi connectivity index (χ0v) is 26.6. The molecule has 0 saturated carbocycles. The summed E-state index contributed by atoms with van der Waals surface area (Å²) in [6.07, 6.45) is 5.89. The van der Waals surface area contributed by atoms with E-state index in [-0.39, 0.29) is 0 Å². The highest BCUT2D eigenvalue weighted by molar-refractivity contribution is 6.12. The second-order valence-electron chi connectivity index (χ2n) is 12.3. The van der Waals surface area contributed by atoms with E-state index in [0.717, 1.165) is 84.5 Å².